The van der Waals surface area contributed by atoms with Gasteiger partial charge in [0.25, 0.3) is 10.1 Å². The van der Waals surface area contributed by atoms with E-state index in [9.17, 15) is 13.0 Å². The summed E-state index contributed by atoms with van der Waals surface area (Å²) in [5.74, 6) is 2.84. The Bertz CT molecular complexity index is 1360. The number of phenols is 1. The van der Waals surface area contributed by atoms with Crippen molar-refractivity contribution in [1.29, 1.82) is 0 Å². The molecular formula is C39H60O6S. The molecule has 7 heteroatoms. The molecule has 258 valence electrons. The third-order valence-corrected chi connectivity index (χ3v) is 9.16. The van der Waals surface area contributed by atoms with Crippen LogP contribution in [0.1, 0.15) is 153 Å². The second kappa shape index (κ2) is 19.7. The van der Waals surface area contributed by atoms with E-state index in [1.165, 1.54) is 11.1 Å². The monoisotopic (exact) mass is 656 g/mol. The van der Waals surface area contributed by atoms with Crippen molar-refractivity contribution in [2.75, 3.05) is 6.61 Å². The highest BCUT2D eigenvalue weighted by Gasteiger charge is 2.25. The lowest BCUT2D eigenvalue weighted by Crippen LogP contribution is -2.15. The molecule has 0 bridgehead atoms. The number of hydrogen-bond acceptors (Lipinski definition) is 5. The van der Waals surface area contributed by atoms with Crippen molar-refractivity contribution < 1.29 is 27.6 Å². The predicted octanol–water partition coefficient (Wildman–Crippen LogP) is 11.2. The van der Waals surface area contributed by atoms with Gasteiger partial charge in [-0.15, -0.1) is 0 Å². The van der Waals surface area contributed by atoms with Crippen molar-refractivity contribution in [2.24, 2.45) is 0 Å². The van der Waals surface area contributed by atoms with Gasteiger partial charge in [0, 0.05) is 6.61 Å². The molecule has 0 aromatic heterocycles. The fourth-order valence-corrected chi connectivity index (χ4v) is 5.98. The van der Waals surface area contributed by atoms with Crippen molar-refractivity contribution in [3.63, 3.8) is 0 Å². The molecule has 0 amide bonds. The summed E-state index contributed by atoms with van der Waals surface area (Å²) >= 11 is 0. The van der Waals surface area contributed by atoms with Crippen LogP contribution in [0, 0.1) is 0 Å². The van der Waals surface area contributed by atoms with Crippen molar-refractivity contribution >= 4 is 10.1 Å². The van der Waals surface area contributed by atoms with Gasteiger partial charge in [0.1, 0.15) is 16.4 Å². The number of aromatic hydroxyl groups is 1. The van der Waals surface area contributed by atoms with E-state index in [1.54, 1.807) is 12.1 Å². The minimum atomic E-state index is -4.20. The smallest absolute Gasteiger partial charge is 0.295 e. The molecule has 0 aliphatic heterocycles. The summed E-state index contributed by atoms with van der Waals surface area (Å²) in [5, 5.41) is 9.01. The van der Waals surface area contributed by atoms with Crippen molar-refractivity contribution in [2.45, 2.75) is 137 Å². The average Bonchev–Trinajstić information content (AvgIpc) is 3.00. The van der Waals surface area contributed by atoms with Gasteiger partial charge in [-0.25, -0.2) is 0 Å². The first-order valence-electron chi connectivity index (χ1n) is 16.8. The molecule has 0 spiro atoms. The number of rotatable bonds is 12. The third kappa shape index (κ3) is 13.5. The summed E-state index contributed by atoms with van der Waals surface area (Å²) in [6.07, 6.45) is 2.12. The molecule has 3 atom stereocenters. The third-order valence-electron chi connectivity index (χ3n) is 8.18. The van der Waals surface area contributed by atoms with Crippen LogP contribution in [0.3, 0.4) is 0 Å². The minimum Gasteiger partial charge on any atom is -0.508 e. The van der Waals surface area contributed by atoms with Gasteiger partial charge >= 0.3 is 0 Å². The van der Waals surface area contributed by atoms with Crippen LogP contribution in [0.15, 0.2) is 65.6 Å². The van der Waals surface area contributed by atoms with Crippen LogP contribution in [-0.4, -0.2) is 31.0 Å². The molecule has 0 aliphatic rings. The van der Waals surface area contributed by atoms with Crippen molar-refractivity contribution in [1.82, 2.24) is 0 Å². The normalized spacial score (nSPS) is 13.4. The first-order chi connectivity index (χ1) is 21.5. The Kier molecular flexibility index (Phi) is 17.6. The van der Waals surface area contributed by atoms with E-state index >= 15 is 0 Å². The quantitative estimate of drug-likeness (QED) is 0.149. The van der Waals surface area contributed by atoms with Gasteiger partial charge in [-0.05, 0) is 108 Å². The molecule has 0 fully saturated rings. The summed E-state index contributed by atoms with van der Waals surface area (Å²) in [6, 6.07) is 19.5. The molecule has 3 unspecified atom stereocenters. The highest BCUT2D eigenvalue weighted by molar-refractivity contribution is 7.86. The van der Waals surface area contributed by atoms with Crippen LogP contribution in [0.2, 0.25) is 0 Å². The van der Waals surface area contributed by atoms with Crippen LogP contribution >= 0.6 is 0 Å². The Morgan fingerprint density at radius 3 is 1.37 bits per heavy atom. The SMILES string of the molecule is CC(C)c1cc(C(C)C)c(S(=O)(=O)O)c(C(C)C)c1.CCC(C)c1ccc(O)cc1.CCOC(C)Oc1ccc(C(C)CC)cc1. The van der Waals surface area contributed by atoms with Gasteiger partial charge in [-0.3, -0.25) is 4.55 Å². The second-order valence-electron chi connectivity index (χ2n) is 12.9. The van der Waals surface area contributed by atoms with Gasteiger partial charge in [0.2, 0.25) is 0 Å². The van der Waals surface area contributed by atoms with Crippen LogP contribution in [-0.2, 0) is 14.9 Å². The van der Waals surface area contributed by atoms with E-state index in [-0.39, 0.29) is 23.0 Å². The molecule has 2 N–H and O–H groups in total. The van der Waals surface area contributed by atoms with Crippen LogP contribution in [0.25, 0.3) is 0 Å². The fourth-order valence-electron chi connectivity index (χ4n) is 4.80. The van der Waals surface area contributed by atoms with Crippen molar-refractivity contribution in [3.8, 4) is 11.5 Å². The zero-order chi connectivity index (χ0) is 35.2. The zero-order valence-corrected chi connectivity index (χ0v) is 31.1. The second-order valence-corrected chi connectivity index (χ2v) is 14.2. The van der Waals surface area contributed by atoms with Crippen LogP contribution in [0.5, 0.6) is 11.5 Å². The highest BCUT2D eigenvalue weighted by Crippen LogP contribution is 2.35. The van der Waals surface area contributed by atoms with E-state index in [0.717, 1.165) is 24.2 Å². The maximum atomic E-state index is 11.7. The molecule has 0 saturated heterocycles. The van der Waals surface area contributed by atoms with Crippen molar-refractivity contribution in [3.05, 3.63) is 88.5 Å². The minimum absolute atomic E-state index is 0.0492. The molecule has 0 radical (unpaired) electrons. The maximum Gasteiger partial charge on any atom is 0.295 e. The predicted molar refractivity (Wildman–Crippen MR) is 192 cm³/mol. The van der Waals surface area contributed by atoms with E-state index < -0.39 is 10.1 Å². The largest absolute Gasteiger partial charge is 0.508 e. The summed E-state index contributed by atoms with van der Waals surface area (Å²) in [5.41, 5.74) is 5.18. The Morgan fingerprint density at radius 1 is 0.630 bits per heavy atom. The molecule has 0 heterocycles. The number of ether oxygens (including phenoxy) is 2. The molecular weight excluding hydrogens is 596 g/mol. The first kappa shape index (κ1) is 41.2. The lowest BCUT2D eigenvalue weighted by atomic mass is 9.89. The maximum absolute atomic E-state index is 11.7. The molecule has 0 aliphatic carbocycles. The van der Waals surface area contributed by atoms with Gasteiger partial charge in [-0.2, -0.15) is 8.42 Å². The standard InChI is InChI=1S/C15H24O3S.C14H22O2.C10H14O/c1-9(2)12-7-13(10(3)4)15(19(16,17)18)14(8-12)11(5)6;1-5-11(3)13-7-9-14(10-8-13)16-12(4)15-6-2;1-3-8(2)9-4-6-10(11)7-5-9/h7-11H,1-6H3,(H,16,17,18);7-12H,5-6H2,1-4H3;4-8,11H,3H2,1-2H3. The van der Waals surface area contributed by atoms with Gasteiger partial charge in [0.05, 0.1) is 0 Å². The lowest BCUT2D eigenvalue weighted by molar-refractivity contribution is -0.0613. The highest BCUT2D eigenvalue weighted by atomic mass is 32.2. The molecule has 46 heavy (non-hydrogen) atoms. The van der Waals surface area contributed by atoms with Gasteiger partial charge in [-0.1, -0.05) is 106 Å². The summed E-state index contributed by atoms with van der Waals surface area (Å²) in [6.45, 7) is 25.3. The van der Waals surface area contributed by atoms with E-state index in [0.29, 0.717) is 41.2 Å². The average molecular weight is 657 g/mol. The molecule has 6 nitrogen and oxygen atoms in total. The van der Waals surface area contributed by atoms with Crippen LogP contribution in [0.4, 0.5) is 0 Å². The Labute approximate surface area is 280 Å². The molecule has 3 aromatic rings. The number of phenolic OH excluding ortho intramolecular Hbond substituents is 1. The summed E-state index contributed by atoms with van der Waals surface area (Å²) in [4.78, 5) is 0.0990. The summed E-state index contributed by atoms with van der Waals surface area (Å²) < 4.78 is 43.9. The Hall–Kier alpha value is -2.87. The van der Waals surface area contributed by atoms with E-state index in [4.69, 9.17) is 14.6 Å². The molecule has 0 saturated carbocycles. The van der Waals surface area contributed by atoms with E-state index in [2.05, 4.69) is 53.7 Å². The molecule has 3 aromatic carbocycles. The zero-order valence-electron chi connectivity index (χ0n) is 30.3. The summed E-state index contributed by atoms with van der Waals surface area (Å²) in [7, 11) is -4.20. The topological polar surface area (TPSA) is 93.1 Å². The number of benzene rings is 3. The van der Waals surface area contributed by atoms with Gasteiger partial charge < -0.3 is 14.6 Å². The van der Waals surface area contributed by atoms with Crippen LogP contribution < -0.4 is 4.74 Å². The van der Waals surface area contributed by atoms with E-state index in [1.807, 2.05) is 77.9 Å². The fraction of sp³-hybridized carbons (Fsp3) is 0.538. The lowest BCUT2D eigenvalue weighted by Gasteiger charge is -2.20. The Morgan fingerprint density at radius 2 is 1.04 bits per heavy atom. The molecule has 3 rings (SSSR count). The van der Waals surface area contributed by atoms with Gasteiger partial charge in [0.15, 0.2) is 6.29 Å². The Balaban J connectivity index is 0.000000357. The first-order valence-corrected chi connectivity index (χ1v) is 18.2. The number of hydrogen-bond donors (Lipinski definition) is 2.